The summed E-state index contributed by atoms with van der Waals surface area (Å²) in [4.78, 5) is 1.69. The van der Waals surface area contributed by atoms with E-state index in [-0.39, 0.29) is 23.7 Å². The third kappa shape index (κ3) is 3.41. The zero-order valence-corrected chi connectivity index (χ0v) is 9.06. The predicted octanol–water partition coefficient (Wildman–Crippen LogP) is 2.04. The average molecular weight is 236 g/mol. The summed E-state index contributed by atoms with van der Waals surface area (Å²) in [5, 5.41) is 8.43. The van der Waals surface area contributed by atoms with Crippen LogP contribution < -0.4 is 0 Å². The number of halogens is 3. The number of rotatable bonds is 4. The molecule has 5 heteroatoms. The lowest BCUT2D eigenvalue weighted by Gasteiger charge is -2.15. The van der Waals surface area contributed by atoms with E-state index in [0.29, 0.717) is 6.54 Å². The van der Waals surface area contributed by atoms with Gasteiger partial charge in [0, 0.05) is 18.7 Å². The third-order valence-corrected chi connectivity index (χ3v) is 2.30. The van der Waals surface area contributed by atoms with Crippen LogP contribution >= 0.6 is 11.6 Å². The van der Waals surface area contributed by atoms with E-state index >= 15 is 0 Å². The van der Waals surface area contributed by atoms with Crippen LogP contribution in [0, 0.1) is 11.6 Å². The Morgan fingerprint density at radius 2 is 2.00 bits per heavy atom. The first kappa shape index (κ1) is 12.4. The maximum atomic E-state index is 13.3. The van der Waals surface area contributed by atoms with Gasteiger partial charge in [0.1, 0.15) is 11.6 Å². The summed E-state index contributed by atoms with van der Waals surface area (Å²) in [5.74, 6) is -1.17. The molecule has 0 radical (unpaired) electrons. The van der Waals surface area contributed by atoms with Gasteiger partial charge in [-0.3, -0.25) is 4.90 Å². The average Bonchev–Trinajstić information content (AvgIpc) is 2.14. The monoisotopic (exact) mass is 235 g/mol. The Hall–Kier alpha value is -0.710. The van der Waals surface area contributed by atoms with E-state index in [1.165, 1.54) is 0 Å². The smallest absolute Gasteiger partial charge is 0.142 e. The zero-order chi connectivity index (χ0) is 11.4. The van der Waals surface area contributed by atoms with Gasteiger partial charge in [-0.2, -0.15) is 0 Å². The van der Waals surface area contributed by atoms with Gasteiger partial charge in [0.2, 0.25) is 0 Å². The van der Waals surface area contributed by atoms with E-state index in [4.69, 9.17) is 16.7 Å². The minimum absolute atomic E-state index is 0.0197. The van der Waals surface area contributed by atoms with Crippen molar-refractivity contribution in [3.05, 3.63) is 34.4 Å². The van der Waals surface area contributed by atoms with Gasteiger partial charge in [0.05, 0.1) is 11.6 Å². The van der Waals surface area contributed by atoms with Crippen LogP contribution in [0.4, 0.5) is 8.78 Å². The summed E-state index contributed by atoms with van der Waals surface area (Å²) in [6, 6.07) is 2.03. The lowest BCUT2D eigenvalue weighted by atomic mass is 10.2. The second-order valence-electron chi connectivity index (χ2n) is 3.32. The van der Waals surface area contributed by atoms with Crippen molar-refractivity contribution in [2.45, 2.75) is 6.54 Å². The zero-order valence-electron chi connectivity index (χ0n) is 8.30. The second kappa shape index (κ2) is 5.39. The number of benzene rings is 1. The van der Waals surface area contributed by atoms with Gasteiger partial charge in [0.15, 0.2) is 0 Å². The lowest BCUT2D eigenvalue weighted by molar-refractivity contribution is 0.215. The molecule has 2 nitrogen and oxygen atoms in total. The molecule has 0 aromatic heterocycles. The van der Waals surface area contributed by atoms with Crippen LogP contribution in [0.1, 0.15) is 5.56 Å². The van der Waals surface area contributed by atoms with Crippen molar-refractivity contribution in [1.82, 2.24) is 4.90 Å². The van der Waals surface area contributed by atoms with Crippen LogP contribution in [0.15, 0.2) is 12.1 Å². The number of hydrogen-bond donors (Lipinski definition) is 1. The molecule has 1 rings (SSSR count). The van der Waals surface area contributed by atoms with E-state index in [1.807, 2.05) is 0 Å². The van der Waals surface area contributed by atoms with Crippen LogP contribution in [-0.4, -0.2) is 30.2 Å². The molecule has 0 fully saturated rings. The summed E-state index contributed by atoms with van der Waals surface area (Å²) in [7, 11) is 1.71. The Balaban J connectivity index is 2.81. The summed E-state index contributed by atoms with van der Waals surface area (Å²) in [5.41, 5.74) is 0.229. The Labute approximate surface area is 92.1 Å². The summed E-state index contributed by atoms with van der Waals surface area (Å²) in [6.07, 6.45) is 0. The highest BCUT2D eigenvalue weighted by atomic mass is 35.5. The highest BCUT2D eigenvalue weighted by Crippen LogP contribution is 2.20. The molecule has 84 valence electrons. The Bertz CT molecular complexity index is 346. The molecule has 0 aliphatic rings. The summed E-state index contributed by atoms with van der Waals surface area (Å²) < 4.78 is 26.3. The fourth-order valence-electron chi connectivity index (χ4n) is 1.23. The lowest BCUT2D eigenvalue weighted by Crippen LogP contribution is -2.22. The van der Waals surface area contributed by atoms with E-state index < -0.39 is 11.6 Å². The standard InChI is InChI=1S/C10H12ClF2NO/c1-14(2-3-15)6-7-4-10(13)8(11)5-9(7)12/h4-5,15H,2-3,6H2,1H3. The molecular formula is C10H12ClF2NO. The van der Waals surface area contributed by atoms with Gasteiger partial charge in [-0.25, -0.2) is 8.78 Å². The van der Waals surface area contributed by atoms with Crippen molar-refractivity contribution < 1.29 is 13.9 Å². The molecule has 0 aliphatic heterocycles. The maximum Gasteiger partial charge on any atom is 0.142 e. The number of likely N-dealkylation sites (N-methyl/N-ethyl adjacent to an activating group) is 1. The molecule has 0 bridgehead atoms. The minimum atomic E-state index is -0.634. The molecule has 0 atom stereocenters. The minimum Gasteiger partial charge on any atom is -0.395 e. The van der Waals surface area contributed by atoms with Gasteiger partial charge < -0.3 is 5.11 Å². The molecule has 0 saturated heterocycles. The molecular weight excluding hydrogens is 224 g/mol. The summed E-state index contributed by atoms with van der Waals surface area (Å²) >= 11 is 5.42. The Morgan fingerprint density at radius 3 is 2.60 bits per heavy atom. The first-order chi connectivity index (χ1) is 7.04. The number of hydrogen-bond acceptors (Lipinski definition) is 2. The van der Waals surface area contributed by atoms with Gasteiger partial charge in [-0.05, 0) is 19.2 Å². The molecule has 1 aromatic carbocycles. The van der Waals surface area contributed by atoms with Crippen LogP contribution in [0.25, 0.3) is 0 Å². The van der Waals surface area contributed by atoms with Crippen LogP contribution in [0.3, 0.4) is 0 Å². The van der Waals surface area contributed by atoms with E-state index in [2.05, 4.69) is 0 Å². The third-order valence-electron chi connectivity index (χ3n) is 2.01. The van der Waals surface area contributed by atoms with Gasteiger partial charge in [-0.1, -0.05) is 11.6 Å². The highest BCUT2D eigenvalue weighted by Gasteiger charge is 2.10. The fraction of sp³-hybridized carbons (Fsp3) is 0.400. The second-order valence-corrected chi connectivity index (χ2v) is 3.73. The SMILES string of the molecule is CN(CCO)Cc1cc(F)c(Cl)cc1F. The topological polar surface area (TPSA) is 23.5 Å². The van der Waals surface area contributed by atoms with Crippen molar-refractivity contribution in [3.63, 3.8) is 0 Å². The molecule has 0 heterocycles. The van der Waals surface area contributed by atoms with Crippen LogP contribution in [0.2, 0.25) is 5.02 Å². The fourth-order valence-corrected chi connectivity index (χ4v) is 1.38. The highest BCUT2D eigenvalue weighted by molar-refractivity contribution is 6.30. The molecule has 0 unspecified atom stereocenters. The summed E-state index contributed by atoms with van der Waals surface area (Å²) in [6.45, 7) is 0.623. The van der Waals surface area contributed by atoms with E-state index in [9.17, 15) is 8.78 Å². The van der Waals surface area contributed by atoms with Crippen LogP contribution in [-0.2, 0) is 6.54 Å². The van der Waals surface area contributed by atoms with Crippen molar-refractivity contribution >= 4 is 11.6 Å². The maximum absolute atomic E-state index is 13.3. The first-order valence-electron chi connectivity index (χ1n) is 4.47. The number of aliphatic hydroxyl groups excluding tert-OH is 1. The number of nitrogens with zero attached hydrogens (tertiary/aromatic N) is 1. The molecule has 15 heavy (non-hydrogen) atoms. The molecule has 0 aliphatic carbocycles. The number of aliphatic hydroxyl groups is 1. The Kier molecular flexibility index (Phi) is 4.45. The predicted molar refractivity (Wildman–Crippen MR) is 54.8 cm³/mol. The Morgan fingerprint density at radius 1 is 1.33 bits per heavy atom. The van der Waals surface area contributed by atoms with Gasteiger partial charge in [-0.15, -0.1) is 0 Å². The van der Waals surface area contributed by atoms with Gasteiger partial charge in [0.25, 0.3) is 0 Å². The van der Waals surface area contributed by atoms with Crippen LogP contribution in [0.5, 0.6) is 0 Å². The van der Waals surface area contributed by atoms with Crippen molar-refractivity contribution in [2.75, 3.05) is 20.2 Å². The van der Waals surface area contributed by atoms with Crippen molar-refractivity contribution in [3.8, 4) is 0 Å². The largest absolute Gasteiger partial charge is 0.395 e. The van der Waals surface area contributed by atoms with Gasteiger partial charge >= 0.3 is 0 Å². The first-order valence-corrected chi connectivity index (χ1v) is 4.85. The molecule has 0 amide bonds. The van der Waals surface area contributed by atoms with E-state index in [1.54, 1.807) is 11.9 Å². The normalized spacial score (nSPS) is 11.1. The quantitative estimate of drug-likeness (QED) is 0.808. The van der Waals surface area contributed by atoms with Crippen molar-refractivity contribution in [2.24, 2.45) is 0 Å². The van der Waals surface area contributed by atoms with Crippen molar-refractivity contribution in [1.29, 1.82) is 0 Å². The van der Waals surface area contributed by atoms with E-state index in [0.717, 1.165) is 12.1 Å². The molecule has 0 spiro atoms. The molecule has 0 saturated carbocycles. The molecule has 1 aromatic rings. The molecule has 1 N–H and O–H groups in total.